The first kappa shape index (κ1) is 28.1. The van der Waals surface area contributed by atoms with E-state index in [4.69, 9.17) is 0 Å². The van der Waals surface area contributed by atoms with Gasteiger partial charge in [-0.25, -0.2) is 0 Å². The SMILES string of the molecule is IC#Cc1ccc(C(c2ccc(C#CI)cc2)(c2ccc(C#CI)cc2)c2ccc(C#CI)cc2)cc1. The highest BCUT2D eigenvalue weighted by atomic mass is 127. The van der Waals surface area contributed by atoms with Crippen LogP contribution in [0.2, 0.25) is 0 Å². The molecule has 4 aromatic carbocycles. The Hall–Kier alpha value is -1.96. The van der Waals surface area contributed by atoms with E-state index in [9.17, 15) is 0 Å². The van der Waals surface area contributed by atoms with Gasteiger partial charge in [0.2, 0.25) is 0 Å². The molecule has 0 nitrogen and oxygen atoms in total. The maximum Gasteiger partial charge on any atom is 0.0701 e. The van der Waals surface area contributed by atoms with Gasteiger partial charge in [0, 0.05) is 113 Å². The minimum absolute atomic E-state index is 0.570. The summed E-state index contributed by atoms with van der Waals surface area (Å²) < 4.78 is 11.9. The van der Waals surface area contributed by atoms with Crippen LogP contribution in [0.15, 0.2) is 97.1 Å². The van der Waals surface area contributed by atoms with E-state index in [1.54, 1.807) is 0 Å². The molecule has 0 spiro atoms. The molecular formula is C33H16I4. The predicted molar refractivity (Wildman–Crippen MR) is 188 cm³/mol. The molecule has 0 amide bonds. The molecular weight excluding hydrogens is 904 g/mol. The Labute approximate surface area is 273 Å². The molecule has 0 aliphatic rings. The second-order valence-corrected chi connectivity index (χ2v) is 10.1. The highest BCUT2D eigenvalue weighted by Crippen LogP contribution is 2.45. The van der Waals surface area contributed by atoms with Gasteiger partial charge < -0.3 is 0 Å². The summed E-state index contributed by atoms with van der Waals surface area (Å²) in [5.74, 6) is 12.6. The first-order valence-electron chi connectivity index (χ1n) is 11.0. The van der Waals surface area contributed by atoms with Crippen LogP contribution in [0.4, 0.5) is 0 Å². The zero-order valence-corrected chi connectivity index (χ0v) is 27.9. The van der Waals surface area contributed by atoms with Crippen LogP contribution >= 0.6 is 90.4 Å². The number of rotatable bonds is 4. The fraction of sp³-hybridized carbons (Fsp3) is 0.0303. The molecule has 0 aliphatic heterocycles. The van der Waals surface area contributed by atoms with E-state index in [0.29, 0.717) is 0 Å². The summed E-state index contributed by atoms with van der Waals surface area (Å²) in [6, 6.07) is 34.2. The first-order valence-corrected chi connectivity index (χ1v) is 15.4. The molecule has 0 aromatic heterocycles. The van der Waals surface area contributed by atoms with Gasteiger partial charge in [-0.1, -0.05) is 72.2 Å². The normalized spacial score (nSPS) is 9.84. The highest BCUT2D eigenvalue weighted by molar-refractivity contribution is 14.1. The molecule has 4 aromatic rings. The molecule has 0 unspecified atom stereocenters. The van der Waals surface area contributed by atoms with Crippen LogP contribution in [-0.4, -0.2) is 0 Å². The Kier molecular flexibility index (Phi) is 10.4. The monoisotopic (exact) mass is 920 g/mol. The molecule has 0 N–H and O–H groups in total. The molecule has 4 rings (SSSR count). The van der Waals surface area contributed by atoms with Gasteiger partial charge in [-0.2, -0.15) is 0 Å². The number of benzene rings is 4. The molecule has 0 bridgehead atoms. The zero-order chi connectivity index (χ0) is 26.1. The fourth-order valence-electron chi connectivity index (χ4n) is 4.43. The molecule has 0 fully saturated rings. The summed E-state index contributed by atoms with van der Waals surface area (Å²) in [5.41, 5.74) is 7.98. The summed E-state index contributed by atoms with van der Waals surface area (Å²) in [5, 5.41) is 0. The summed E-state index contributed by atoms with van der Waals surface area (Å²) in [7, 11) is 0. The summed E-state index contributed by atoms with van der Waals surface area (Å²) in [6.07, 6.45) is 0. The van der Waals surface area contributed by atoms with Gasteiger partial charge in [0.05, 0.1) is 5.41 Å². The van der Waals surface area contributed by atoms with E-state index in [-0.39, 0.29) is 0 Å². The zero-order valence-electron chi connectivity index (χ0n) is 19.2. The fourth-order valence-corrected chi connectivity index (χ4v) is 5.68. The van der Waals surface area contributed by atoms with E-state index in [1.807, 2.05) is 0 Å². The molecule has 0 heterocycles. The Morgan fingerprint density at radius 2 is 0.514 bits per heavy atom. The van der Waals surface area contributed by atoms with Crippen molar-refractivity contribution in [2.24, 2.45) is 0 Å². The van der Waals surface area contributed by atoms with E-state index in [1.165, 1.54) is 0 Å². The van der Waals surface area contributed by atoms with Crippen LogP contribution in [0.5, 0.6) is 0 Å². The number of hydrogen-bond donors (Lipinski definition) is 0. The van der Waals surface area contributed by atoms with Crippen LogP contribution in [-0.2, 0) is 5.41 Å². The Morgan fingerprint density at radius 3 is 0.676 bits per heavy atom. The van der Waals surface area contributed by atoms with Crippen molar-refractivity contribution in [3.8, 4) is 39.4 Å². The second-order valence-electron chi connectivity index (χ2n) is 7.94. The van der Waals surface area contributed by atoms with Crippen molar-refractivity contribution in [3.63, 3.8) is 0 Å². The minimum atomic E-state index is -0.570. The third-order valence-electron chi connectivity index (χ3n) is 6.04. The average molecular weight is 920 g/mol. The van der Waals surface area contributed by atoms with Crippen molar-refractivity contribution in [2.45, 2.75) is 5.41 Å². The van der Waals surface area contributed by atoms with Crippen molar-refractivity contribution >= 4 is 90.4 Å². The van der Waals surface area contributed by atoms with Gasteiger partial charge in [-0.15, -0.1) is 0 Å². The van der Waals surface area contributed by atoms with Crippen LogP contribution in [0.25, 0.3) is 0 Å². The molecule has 4 heteroatoms. The lowest BCUT2D eigenvalue weighted by Crippen LogP contribution is -2.31. The smallest absolute Gasteiger partial charge is 0.0562 e. The average Bonchev–Trinajstić information content (AvgIpc) is 2.93. The van der Waals surface area contributed by atoms with Gasteiger partial charge in [-0.05, 0) is 86.5 Å². The van der Waals surface area contributed by atoms with Crippen LogP contribution in [0.1, 0.15) is 44.5 Å². The standard InChI is InChI=1S/C33H16I4/c34-21-17-25-1-9-29(10-2-25)33(30-11-3-26(4-12-30)18-22-35,31-13-5-27(6-14-31)19-23-36)32-15-7-28(8-16-32)20-24-37/h1-16H. The maximum atomic E-state index is 3.16. The highest BCUT2D eigenvalue weighted by Gasteiger charge is 2.38. The molecule has 0 saturated carbocycles. The predicted octanol–water partition coefficient (Wildman–Crippen LogP) is 9.05. The van der Waals surface area contributed by atoms with E-state index in [2.05, 4.69) is 227 Å². The number of halogens is 4. The van der Waals surface area contributed by atoms with Crippen LogP contribution in [0, 0.1) is 39.4 Å². The summed E-state index contributed by atoms with van der Waals surface area (Å²) in [4.78, 5) is 0. The van der Waals surface area contributed by atoms with Crippen molar-refractivity contribution in [1.82, 2.24) is 0 Å². The van der Waals surface area contributed by atoms with Crippen LogP contribution in [0.3, 0.4) is 0 Å². The van der Waals surface area contributed by atoms with Crippen molar-refractivity contribution in [1.29, 1.82) is 0 Å². The first-order chi connectivity index (χ1) is 18.1. The summed E-state index contributed by atoms with van der Waals surface area (Å²) >= 11 is 8.31. The van der Waals surface area contributed by atoms with Gasteiger partial charge in [-0.3, -0.25) is 0 Å². The molecule has 0 radical (unpaired) electrons. The van der Waals surface area contributed by atoms with E-state index in [0.717, 1.165) is 44.5 Å². The van der Waals surface area contributed by atoms with Gasteiger partial charge in [0.15, 0.2) is 0 Å². The molecule has 0 saturated heterocycles. The van der Waals surface area contributed by atoms with Gasteiger partial charge >= 0.3 is 0 Å². The third kappa shape index (κ3) is 6.37. The third-order valence-corrected chi connectivity index (χ3v) is 7.12. The minimum Gasteiger partial charge on any atom is -0.0562 e. The van der Waals surface area contributed by atoms with Crippen LogP contribution < -0.4 is 0 Å². The van der Waals surface area contributed by atoms with Crippen molar-refractivity contribution in [2.75, 3.05) is 0 Å². The second kappa shape index (κ2) is 13.7. The largest absolute Gasteiger partial charge is 0.0701 e. The molecule has 0 aliphatic carbocycles. The van der Waals surface area contributed by atoms with Crippen molar-refractivity contribution in [3.05, 3.63) is 142 Å². The lowest BCUT2D eigenvalue weighted by Gasteiger charge is -2.37. The van der Waals surface area contributed by atoms with Crippen molar-refractivity contribution < 1.29 is 0 Å². The Balaban J connectivity index is 2.07. The molecule has 37 heavy (non-hydrogen) atoms. The molecule has 176 valence electrons. The van der Waals surface area contributed by atoms with E-state index < -0.39 is 5.41 Å². The summed E-state index contributed by atoms with van der Waals surface area (Å²) in [6.45, 7) is 0. The quantitative estimate of drug-likeness (QED) is 0.109. The lowest BCUT2D eigenvalue weighted by atomic mass is 9.65. The molecule has 0 atom stereocenters. The van der Waals surface area contributed by atoms with E-state index >= 15 is 0 Å². The number of hydrogen-bond acceptors (Lipinski definition) is 0. The lowest BCUT2D eigenvalue weighted by molar-refractivity contribution is 0.744. The Bertz CT molecular complexity index is 1380. The van der Waals surface area contributed by atoms with Gasteiger partial charge in [0.25, 0.3) is 0 Å². The topological polar surface area (TPSA) is 0 Å². The Morgan fingerprint density at radius 1 is 0.324 bits per heavy atom. The van der Waals surface area contributed by atoms with Gasteiger partial charge in [0.1, 0.15) is 0 Å². The maximum absolute atomic E-state index is 3.16.